The second-order valence-electron chi connectivity index (χ2n) is 0. The first-order chi connectivity index (χ1) is 0. The number of hydrogen-bond acceptors (Lipinski definition) is 0. The SMILES string of the molecule is S.[Ag].[Au].[Cu].[Fe]. The van der Waals surface area contributed by atoms with Crippen LogP contribution >= 0.6 is 13.5 Å². The molecule has 0 aromatic heterocycles. The van der Waals surface area contributed by atoms with Gasteiger partial charge in [-0.25, -0.2) is 0 Å². The van der Waals surface area contributed by atoms with E-state index in [4.69, 9.17) is 0 Å². The Hall–Kier alpha value is 2.87. The summed E-state index contributed by atoms with van der Waals surface area (Å²) in [6.45, 7) is 0. The minimum absolute atomic E-state index is 0. The maximum Gasteiger partial charge on any atom is 0 e. The largest absolute Gasteiger partial charge is 0.197 e. The first-order valence-corrected chi connectivity index (χ1v) is 0. The van der Waals surface area contributed by atoms with Gasteiger partial charge in [0.2, 0.25) is 0 Å². The summed E-state index contributed by atoms with van der Waals surface area (Å²) >= 11 is 0. The second-order valence-corrected chi connectivity index (χ2v) is 0. The molecule has 0 fully saturated rings. The predicted molar refractivity (Wildman–Crippen MR) is 10.4 cm³/mol. The van der Waals surface area contributed by atoms with Crippen LogP contribution in [0.3, 0.4) is 0 Å². The van der Waals surface area contributed by atoms with Crippen LogP contribution in [0.5, 0.6) is 0 Å². The Morgan fingerprint density at radius 2 is 1.00 bits per heavy atom. The molecular formula is H2AgAuCuFeS. The van der Waals surface area contributed by atoms with Gasteiger partial charge in [0.25, 0.3) is 0 Å². The van der Waals surface area contributed by atoms with Gasteiger partial charge in [0.05, 0.1) is 0 Å². The summed E-state index contributed by atoms with van der Waals surface area (Å²) in [5.74, 6) is 0. The molecule has 0 aliphatic heterocycles. The van der Waals surface area contributed by atoms with E-state index in [9.17, 15) is 0 Å². The molecule has 49 valence electrons. The van der Waals surface area contributed by atoms with Gasteiger partial charge in [-0.1, -0.05) is 0 Å². The molecule has 0 unspecified atom stereocenters. The molecule has 0 spiro atoms. The van der Waals surface area contributed by atoms with Gasteiger partial charge in [-0.15, -0.1) is 0 Å². The van der Waals surface area contributed by atoms with E-state index in [0.717, 1.165) is 0 Å². The Morgan fingerprint density at radius 3 is 1.00 bits per heavy atom. The molecule has 0 amide bonds. The Bertz CT molecular complexity index is 11.6. The maximum absolute atomic E-state index is 0. The van der Waals surface area contributed by atoms with Crippen LogP contribution in [0.15, 0.2) is 0 Å². The van der Waals surface area contributed by atoms with Crippen LogP contribution in [0.1, 0.15) is 0 Å². The first kappa shape index (κ1) is 45.1. The van der Waals surface area contributed by atoms with Crippen LogP contribution in [-0.2, 0) is 78.9 Å². The van der Waals surface area contributed by atoms with Crippen LogP contribution in [0.25, 0.3) is 0 Å². The topological polar surface area (TPSA) is 0 Å². The molecule has 0 bridgehead atoms. The Kier molecular flexibility index (Phi) is 259. The fourth-order valence-electron chi connectivity index (χ4n) is 0. The summed E-state index contributed by atoms with van der Waals surface area (Å²) in [4.78, 5) is 0. The molecule has 0 saturated carbocycles. The van der Waals surface area contributed by atoms with Gasteiger partial charge in [0, 0.05) is 78.9 Å². The molecule has 0 saturated heterocycles. The predicted octanol–water partition coefficient (Wildman–Crippen LogP) is 0.103. The minimum atomic E-state index is 0. The van der Waals surface area contributed by atoms with Gasteiger partial charge < -0.3 is 0 Å². The van der Waals surface area contributed by atoms with Crippen molar-refractivity contribution in [2.75, 3.05) is 0 Å². The van der Waals surface area contributed by atoms with Crippen molar-refractivity contribution in [3.05, 3.63) is 0 Å². The molecule has 0 N–H and O–H groups in total. The van der Waals surface area contributed by atoms with Gasteiger partial charge in [0.1, 0.15) is 0 Å². The Morgan fingerprint density at radius 1 is 1.00 bits per heavy atom. The molecule has 0 atom stereocenters. The molecule has 0 aromatic carbocycles. The van der Waals surface area contributed by atoms with Gasteiger partial charge >= 0.3 is 0 Å². The third kappa shape index (κ3) is 19.8. The summed E-state index contributed by atoms with van der Waals surface area (Å²) in [6.07, 6.45) is 0. The van der Waals surface area contributed by atoms with Crippen LogP contribution in [0.4, 0.5) is 0 Å². The average Bonchev–Trinajstić information content (AvgIpc) is 0. The average molecular weight is 458 g/mol. The summed E-state index contributed by atoms with van der Waals surface area (Å²) in [6, 6.07) is 0. The van der Waals surface area contributed by atoms with E-state index in [2.05, 4.69) is 0 Å². The fourth-order valence-corrected chi connectivity index (χ4v) is 0. The number of rotatable bonds is 0. The van der Waals surface area contributed by atoms with Gasteiger partial charge in [-0.05, 0) is 0 Å². The van der Waals surface area contributed by atoms with E-state index >= 15 is 0 Å². The third-order valence-corrected chi connectivity index (χ3v) is 0. The molecular weight excluding hydrogens is 456 g/mol. The zero-order chi connectivity index (χ0) is 0. The molecule has 3 radical (unpaired) electrons. The summed E-state index contributed by atoms with van der Waals surface area (Å²) in [5.41, 5.74) is 0. The van der Waals surface area contributed by atoms with Crippen molar-refractivity contribution in [3.8, 4) is 0 Å². The summed E-state index contributed by atoms with van der Waals surface area (Å²) < 4.78 is 0. The Balaban J connectivity index is 0. The normalized spacial score (nSPS) is 0. The zero-order valence-corrected chi connectivity index (χ0v) is 8.45. The summed E-state index contributed by atoms with van der Waals surface area (Å²) in [5, 5.41) is 0. The minimum Gasteiger partial charge on any atom is -0.197 e. The molecule has 5 heavy (non-hydrogen) atoms. The van der Waals surface area contributed by atoms with E-state index in [1.54, 1.807) is 0 Å². The smallest absolute Gasteiger partial charge is 0 e. The van der Waals surface area contributed by atoms with Gasteiger partial charge in [-0.3, -0.25) is 0 Å². The second kappa shape index (κ2) is 28.7. The van der Waals surface area contributed by atoms with Crippen molar-refractivity contribution < 1.29 is 78.9 Å². The summed E-state index contributed by atoms with van der Waals surface area (Å²) in [7, 11) is 0. The van der Waals surface area contributed by atoms with Crippen LogP contribution in [0.2, 0.25) is 0 Å². The Labute approximate surface area is 91.0 Å². The van der Waals surface area contributed by atoms with E-state index in [1.807, 2.05) is 0 Å². The van der Waals surface area contributed by atoms with Crippen LogP contribution in [0, 0.1) is 0 Å². The van der Waals surface area contributed by atoms with Crippen molar-refractivity contribution in [1.29, 1.82) is 0 Å². The van der Waals surface area contributed by atoms with Crippen molar-refractivity contribution in [3.63, 3.8) is 0 Å². The first-order valence-electron chi connectivity index (χ1n) is 0. The molecule has 0 aliphatic rings. The van der Waals surface area contributed by atoms with Crippen molar-refractivity contribution in [2.45, 2.75) is 0 Å². The van der Waals surface area contributed by atoms with E-state index < -0.39 is 0 Å². The van der Waals surface area contributed by atoms with E-state index in [0.29, 0.717) is 0 Å². The van der Waals surface area contributed by atoms with Crippen molar-refractivity contribution in [1.82, 2.24) is 0 Å². The van der Waals surface area contributed by atoms with Crippen molar-refractivity contribution in [2.24, 2.45) is 0 Å². The quantitative estimate of drug-likeness (QED) is 0.452. The zero-order valence-electron chi connectivity index (χ0n) is 1.76. The third-order valence-electron chi connectivity index (χ3n) is 0. The molecule has 0 nitrogen and oxygen atoms in total. The van der Waals surface area contributed by atoms with Gasteiger partial charge in [0.15, 0.2) is 0 Å². The fraction of sp³-hybridized carbons (Fsp3) is 0. The number of hydrogen-bond donors (Lipinski definition) is 0. The molecule has 5 heteroatoms. The van der Waals surface area contributed by atoms with Crippen molar-refractivity contribution >= 4 is 13.5 Å². The molecule has 0 aromatic rings. The van der Waals surface area contributed by atoms with E-state index in [-0.39, 0.29) is 92.4 Å². The van der Waals surface area contributed by atoms with E-state index in [1.165, 1.54) is 0 Å². The van der Waals surface area contributed by atoms with Crippen LogP contribution < -0.4 is 0 Å². The molecule has 0 rings (SSSR count). The van der Waals surface area contributed by atoms with Crippen LogP contribution in [-0.4, -0.2) is 0 Å². The maximum atomic E-state index is 0. The molecule has 0 aliphatic carbocycles. The monoisotopic (exact) mass is 457 g/mol. The standard InChI is InChI=1S/Ag.Au.Cu.Fe.H2S/h;;;;1H2. The van der Waals surface area contributed by atoms with Gasteiger partial charge in [-0.2, -0.15) is 13.5 Å². The molecule has 0 heterocycles.